The standard InChI is InChI=1S/C18H20FN3O3S/c1-26(24,25)22-8-6-16-14(12-22)10-20-11-17(16)18(23)21-7-5-13-3-2-4-15(19)9-13/h2-4,9-11H,5-8,12H2,1H3,(H,21,23). The lowest BCUT2D eigenvalue weighted by Gasteiger charge is -2.27. The summed E-state index contributed by atoms with van der Waals surface area (Å²) in [5.74, 6) is -0.552. The maximum Gasteiger partial charge on any atom is 0.253 e. The normalized spacial score (nSPS) is 14.7. The molecule has 1 aliphatic rings. The Kier molecular flexibility index (Phi) is 5.33. The highest BCUT2D eigenvalue weighted by Gasteiger charge is 2.26. The minimum atomic E-state index is -3.28. The summed E-state index contributed by atoms with van der Waals surface area (Å²) >= 11 is 0. The van der Waals surface area contributed by atoms with Gasteiger partial charge in [0, 0.05) is 32.0 Å². The van der Waals surface area contributed by atoms with Gasteiger partial charge in [0.25, 0.3) is 5.91 Å². The van der Waals surface area contributed by atoms with Gasteiger partial charge in [0.2, 0.25) is 10.0 Å². The highest BCUT2D eigenvalue weighted by molar-refractivity contribution is 7.88. The average Bonchev–Trinajstić information content (AvgIpc) is 2.60. The highest BCUT2D eigenvalue weighted by Crippen LogP contribution is 2.23. The summed E-state index contributed by atoms with van der Waals surface area (Å²) in [7, 11) is -3.28. The van der Waals surface area contributed by atoms with Crippen LogP contribution in [0.1, 0.15) is 27.0 Å². The highest BCUT2D eigenvalue weighted by atomic mass is 32.2. The van der Waals surface area contributed by atoms with Crippen LogP contribution in [-0.4, -0.2) is 43.0 Å². The van der Waals surface area contributed by atoms with E-state index in [0.29, 0.717) is 31.5 Å². The van der Waals surface area contributed by atoms with Crippen molar-refractivity contribution in [1.29, 1.82) is 0 Å². The largest absolute Gasteiger partial charge is 0.352 e. The number of carbonyl (C=O) groups is 1. The molecule has 0 atom stereocenters. The SMILES string of the molecule is CS(=O)(=O)N1CCc2c(cncc2C(=O)NCCc2cccc(F)c2)C1. The molecular formula is C18H20FN3O3S. The molecule has 0 aliphatic carbocycles. The molecular weight excluding hydrogens is 357 g/mol. The number of aromatic nitrogens is 1. The minimum Gasteiger partial charge on any atom is -0.352 e. The Bertz CT molecular complexity index is 931. The van der Waals surface area contributed by atoms with Crippen LogP contribution in [0.3, 0.4) is 0 Å². The summed E-state index contributed by atoms with van der Waals surface area (Å²) in [5.41, 5.74) is 2.86. The summed E-state index contributed by atoms with van der Waals surface area (Å²) < 4.78 is 38.0. The first-order valence-electron chi connectivity index (χ1n) is 8.28. The summed E-state index contributed by atoms with van der Waals surface area (Å²) in [5, 5.41) is 2.83. The maximum absolute atomic E-state index is 13.2. The van der Waals surface area contributed by atoms with Gasteiger partial charge in [-0.05, 0) is 41.7 Å². The predicted octanol–water partition coefficient (Wildman–Crippen LogP) is 1.51. The van der Waals surface area contributed by atoms with Crippen molar-refractivity contribution in [2.75, 3.05) is 19.3 Å². The number of hydrogen-bond donors (Lipinski definition) is 1. The Morgan fingerprint density at radius 3 is 2.88 bits per heavy atom. The molecule has 0 unspecified atom stereocenters. The van der Waals surface area contributed by atoms with Crippen LogP contribution < -0.4 is 5.32 Å². The van der Waals surface area contributed by atoms with E-state index in [1.54, 1.807) is 18.3 Å². The van der Waals surface area contributed by atoms with Crippen molar-refractivity contribution in [3.63, 3.8) is 0 Å². The quantitative estimate of drug-likeness (QED) is 0.857. The van der Waals surface area contributed by atoms with Crippen LogP contribution in [0.25, 0.3) is 0 Å². The van der Waals surface area contributed by atoms with Gasteiger partial charge in [0.1, 0.15) is 5.82 Å². The first-order chi connectivity index (χ1) is 12.3. The molecule has 1 N–H and O–H groups in total. The number of rotatable bonds is 5. The Morgan fingerprint density at radius 2 is 2.15 bits per heavy atom. The van der Waals surface area contributed by atoms with Crippen LogP contribution >= 0.6 is 0 Å². The third kappa shape index (κ3) is 4.25. The molecule has 138 valence electrons. The fraction of sp³-hybridized carbons (Fsp3) is 0.333. The second kappa shape index (κ2) is 7.51. The van der Waals surface area contributed by atoms with Crippen molar-refractivity contribution < 1.29 is 17.6 Å². The monoisotopic (exact) mass is 377 g/mol. The lowest BCUT2D eigenvalue weighted by molar-refractivity contribution is 0.0952. The second-order valence-electron chi connectivity index (χ2n) is 6.31. The summed E-state index contributed by atoms with van der Waals surface area (Å²) in [4.78, 5) is 16.6. The van der Waals surface area contributed by atoms with Crippen molar-refractivity contribution >= 4 is 15.9 Å². The first kappa shape index (κ1) is 18.5. The summed E-state index contributed by atoms with van der Waals surface area (Å²) in [6.45, 7) is 0.951. The van der Waals surface area contributed by atoms with Gasteiger partial charge < -0.3 is 5.32 Å². The fourth-order valence-corrected chi connectivity index (χ4v) is 3.85. The number of sulfonamides is 1. The van der Waals surface area contributed by atoms with Crippen LogP contribution in [0.4, 0.5) is 4.39 Å². The van der Waals surface area contributed by atoms with Crippen LogP contribution in [0.5, 0.6) is 0 Å². The van der Waals surface area contributed by atoms with E-state index in [1.807, 2.05) is 0 Å². The number of carbonyl (C=O) groups excluding carboxylic acids is 1. The van der Waals surface area contributed by atoms with Crippen molar-refractivity contribution in [2.45, 2.75) is 19.4 Å². The van der Waals surface area contributed by atoms with E-state index in [0.717, 1.165) is 16.7 Å². The van der Waals surface area contributed by atoms with Crippen LogP contribution in [0.15, 0.2) is 36.7 Å². The Morgan fingerprint density at radius 1 is 1.35 bits per heavy atom. The third-order valence-electron chi connectivity index (χ3n) is 4.41. The van der Waals surface area contributed by atoms with Gasteiger partial charge in [-0.3, -0.25) is 9.78 Å². The van der Waals surface area contributed by atoms with Crippen LogP contribution in [0, 0.1) is 5.82 Å². The van der Waals surface area contributed by atoms with Gasteiger partial charge in [-0.25, -0.2) is 12.8 Å². The van der Waals surface area contributed by atoms with Crippen LogP contribution in [-0.2, 0) is 29.4 Å². The lowest BCUT2D eigenvalue weighted by atomic mass is 9.98. The molecule has 1 aromatic heterocycles. The van der Waals surface area contributed by atoms with E-state index in [-0.39, 0.29) is 18.3 Å². The van der Waals surface area contributed by atoms with Gasteiger partial charge in [-0.1, -0.05) is 12.1 Å². The topological polar surface area (TPSA) is 79.4 Å². The maximum atomic E-state index is 13.2. The Balaban J connectivity index is 1.67. The number of halogens is 1. The van der Waals surface area contributed by atoms with Crippen molar-refractivity contribution in [3.05, 3.63) is 64.7 Å². The molecule has 0 spiro atoms. The number of benzene rings is 1. The van der Waals surface area contributed by atoms with E-state index < -0.39 is 10.0 Å². The summed E-state index contributed by atoms with van der Waals surface area (Å²) in [6.07, 6.45) is 5.28. The molecule has 0 saturated heterocycles. The zero-order chi connectivity index (χ0) is 18.7. The van der Waals surface area contributed by atoms with Crippen molar-refractivity contribution in [3.8, 4) is 0 Å². The van der Waals surface area contributed by atoms with Crippen molar-refractivity contribution in [2.24, 2.45) is 0 Å². The molecule has 1 amide bonds. The molecule has 2 heterocycles. The van der Waals surface area contributed by atoms with Gasteiger partial charge in [-0.2, -0.15) is 4.31 Å². The van der Waals surface area contributed by atoms with Gasteiger partial charge in [0.15, 0.2) is 0 Å². The molecule has 2 aromatic rings. The predicted molar refractivity (Wildman–Crippen MR) is 95.6 cm³/mol. The van der Waals surface area contributed by atoms with E-state index in [1.165, 1.54) is 28.9 Å². The fourth-order valence-electron chi connectivity index (χ4n) is 3.05. The zero-order valence-corrected chi connectivity index (χ0v) is 15.2. The van der Waals surface area contributed by atoms with E-state index >= 15 is 0 Å². The molecule has 3 rings (SSSR count). The Labute approximate surface area is 152 Å². The molecule has 0 fully saturated rings. The van der Waals surface area contributed by atoms with Crippen LogP contribution in [0.2, 0.25) is 0 Å². The lowest BCUT2D eigenvalue weighted by Crippen LogP contribution is -2.36. The van der Waals surface area contributed by atoms with E-state index in [9.17, 15) is 17.6 Å². The number of pyridine rings is 1. The average molecular weight is 377 g/mol. The van der Waals surface area contributed by atoms with E-state index in [2.05, 4.69) is 10.3 Å². The molecule has 0 bridgehead atoms. The van der Waals surface area contributed by atoms with Gasteiger partial charge in [0.05, 0.1) is 11.8 Å². The first-order valence-corrected chi connectivity index (χ1v) is 10.1. The Hall–Kier alpha value is -2.32. The minimum absolute atomic E-state index is 0.228. The number of hydrogen-bond acceptors (Lipinski definition) is 4. The molecule has 6 nitrogen and oxygen atoms in total. The third-order valence-corrected chi connectivity index (χ3v) is 5.66. The van der Waals surface area contributed by atoms with Gasteiger partial charge in [-0.15, -0.1) is 0 Å². The summed E-state index contributed by atoms with van der Waals surface area (Å²) in [6, 6.07) is 6.26. The molecule has 1 aliphatic heterocycles. The van der Waals surface area contributed by atoms with Gasteiger partial charge >= 0.3 is 0 Å². The number of amides is 1. The van der Waals surface area contributed by atoms with E-state index in [4.69, 9.17) is 0 Å². The molecule has 0 radical (unpaired) electrons. The smallest absolute Gasteiger partial charge is 0.253 e. The molecule has 26 heavy (non-hydrogen) atoms. The molecule has 8 heteroatoms. The van der Waals surface area contributed by atoms with Crippen molar-refractivity contribution in [1.82, 2.24) is 14.6 Å². The molecule has 1 aromatic carbocycles. The number of nitrogens with zero attached hydrogens (tertiary/aromatic N) is 2. The molecule has 0 saturated carbocycles. The number of fused-ring (bicyclic) bond motifs is 1. The zero-order valence-electron chi connectivity index (χ0n) is 14.4. The second-order valence-corrected chi connectivity index (χ2v) is 8.29. The number of nitrogens with one attached hydrogen (secondary N) is 1.